The summed E-state index contributed by atoms with van der Waals surface area (Å²) in [5.74, 6) is 0.310. The Labute approximate surface area is 162 Å². The lowest BCUT2D eigenvalue weighted by Crippen LogP contribution is -2.22. The van der Waals surface area contributed by atoms with Gasteiger partial charge in [0.25, 0.3) is 5.91 Å². The maximum Gasteiger partial charge on any atom is 0.310 e. The highest BCUT2D eigenvalue weighted by atomic mass is 35.5. The molecule has 1 aliphatic heterocycles. The van der Waals surface area contributed by atoms with Crippen LogP contribution >= 0.6 is 11.6 Å². The molecular weight excluding hydrogens is 370 g/mol. The van der Waals surface area contributed by atoms with Gasteiger partial charge < -0.3 is 19.5 Å². The van der Waals surface area contributed by atoms with Gasteiger partial charge in [0.2, 0.25) is 0 Å². The second-order valence-corrected chi connectivity index (χ2v) is 6.71. The summed E-state index contributed by atoms with van der Waals surface area (Å²) in [6.07, 6.45) is 0.0359. The molecule has 0 aliphatic carbocycles. The number of esters is 1. The lowest BCUT2D eigenvalue weighted by atomic mass is 10.1. The zero-order valence-electron chi connectivity index (χ0n) is 15.1. The van der Waals surface area contributed by atoms with Crippen molar-refractivity contribution in [3.05, 3.63) is 52.0 Å². The number of carbonyl (C=O) groups is 2. The zero-order chi connectivity index (χ0) is 19.4. The quantitative estimate of drug-likeness (QED) is 0.793. The van der Waals surface area contributed by atoms with Crippen LogP contribution in [-0.4, -0.2) is 31.7 Å². The summed E-state index contributed by atoms with van der Waals surface area (Å²) in [5.41, 5.74) is 3.09. The Bertz CT molecular complexity index is 858. The van der Waals surface area contributed by atoms with Crippen LogP contribution in [-0.2, 0) is 20.7 Å². The normalized spacial score (nSPS) is 12.4. The third-order valence-corrected chi connectivity index (χ3v) is 4.31. The molecule has 0 fully saturated rings. The van der Waals surface area contributed by atoms with Crippen LogP contribution in [0.2, 0.25) is 5.02 Å². The monoisotopic (exact) mass is 389 g/mol. The average molecular weight is 390 g/mol. The van der Waals surface area contributed by atoms with Crippen LogP contribution < -0.4 is 14.8 Å². The zero-order valence-corrected chi connectivity index (χ0v) is 15.9. The first kappa shape index (κ1) is 19.0. The molecule has 2 aromatic carbocycles. The van der Waals surface area contributed by atoms with Crippen molar-refractivity contribution >= 4 is 29.2 Å². The predicted octanol–water partition coefficient (Wildman–Crippen LogP) is 3.45. The van der Waals surface area contributed by atoms with E-state index in [1.807, 2.05) is 19.9 Å². The van der Waals surface area contributed by atoms with Crippen LogP contribution in [0, 0.1) is 13.8 Å². The van der Waals surface area contributed by atoms with Crippen LogP contribution in [0.1, 0.15) is 16.7 Å². The van der Waals surface area contributed by atoms with Gasteiger partial charge in [0.1, 0.15) is 13.2 Å². The number of hydrogen-bond acceptors (Lipinski definition) is 5. The van der Waals surface area contributed by atoms with Gasteiger partial charge in [0.05, 0.1) is 17.1 Å². The lowest BCUT2D eigenvalue weighted by molar-refractivity contribution is -0.146. The van der Waals surface area contributed by atoms with E-state index < -0.39 is 11.9 Å². The topological polar surface area (TPSA) is 73.9 Å². The molecule has 0 atom stereocenters. The van der Waals surface area contributed by atoms with Crippen molar-refractivity contribution in [2.45, 2.75) is 20.3 Å². The maximum atomic E-state index is 12.1. The fourth-order valence-corrected chi connectivity index (χ4v) is 3.18. The van der Waals surface area contributed by atoms with Crippen molar-refractivity contribution in [1.82, 2.24) is 0 Å². The maximum absolute atomic E-state index is 12.1. The van der Waals surface area contributed by atoms with Gasteiger partial charge in [-0.2, -0.15) is 0 Å². The molecule has 1 amide bonds. The van der Waals surface area contributed by atoms with E-state index in [0.29, 0.717) is 35.4 Å². The summed E-state index contributed by atoms with van der Waals surface area (Å²) in [7, 11) is 0. The molecule has 3 rings (SSSR count). The minimum Gasteiger partial charge on any atom is -0.486 e. The first-order valence-electron chi connectivity index (χ1n) is 8.53. The summed E-state index contributed by atoms with van der Waals surface area (Å²) < 4.78 is 16.0. The van der Waals surface area contributed by atoms with E-state index in [1.54, 1.807) is 24.3 Å². The molecule has 1 heterocycles. The number of nitrogens with one attached hydrogen (secondary N) is 1. The number of aryl methyl sites for hydroxylation is 2. The number of ether oxygens (including phenoxy) is 3. The lowest BCUT2D eigenvalue weighted by Gasteiger charge is -2.18. The van der Waals surface area contributed by atoms with Gasteiger partial charge in [-0.05, 0) is 48.7 Å². The largest absolute Gasteiger partial charge is 0.486 e. The van der Waals surface area contributed by atoms with E-state index in [2.05, 4.69) is 5.32 Å². The average Bonchev–Trinajstić information content (AvgIpc) is 2.63. The molecule has 27 heavy (non-hydrogen) atoms. The number of anilines is 1. The van der Waals surface area contributed by atoms with Crippen LogP contribution in [0.15, 0.2) is 30.3 Å². The summed E-state index contributed by atoms with van der Waals surface area (Å²) in [6.45, 7) is 4.37. The summed E-state index contributed by atoms with van der Waals surface area (Å²) in [5, 5.41) is 3.13. The molecule has 0 radical (unpaired) electrons. The smallest absolute Gasteiger partial charge is 0.310 e. The Morgan fingerprint density at radius 2 is 1.85 bits per heavy atom. The molecule has 142 valence electrons. The number of fused-ring (bicyclic) bond motifs is 1. The Hall–Kier alpha value is -2.73. The molecule has 6 nitrogen and oxygen atoms in total. The fraction of sp³-hybridized carbons (Fsp3) is 0.300. The van der Waals surface area contributed by atoms with Gasteiger partial charge in [0.15, 0.2) is 18.1 Å². The number of benzene rings is 2. The van der Waals surface area contributed by atoms with Gasteiger partial charge >= 0.3 is 5.97 Å². The van der Waals surface area contributed by atoms with Gasteiger partial charge in [0, 0.05) is 0 Å². The Balaban J connectivity index is 1.52. The molecule has 0 saturated carbocycles. The molecule has 2 aromatic rings. The summed E-state index contributed by atoms with van der Waals surface area (Å²) in [6, 6.07) is 8.94. The highest BCUT2D eigenvalue weighted by Gasteiger charge is 2.15. The van der Waals surface area contributed by atoms with Crippen LogP contribution in [0.3, 0.4) is 0 Å². The Morgan fingerprint density at radius 3 is 2.59 bits per heavy atom. The number of carbonyl (C=O) groups excluding carboxylic acids is 2. The van der Waals surface area contributed by atoms with E-state index >= 15 is 0 Å². The van der Waals surface area contributed by atoms with Gasteiger partial charge in [-0.25, -0.2) is 0 Å². The molecule has 0 aromatic heterocycles. The predicted molar refractivity (Wildman–Crippen MR) is 102 cm³/mol. The van der Waals surface area contributed by atoms with E-state index in [-0.39, 0.29) is 13.0 Å². The van der Waals surface area contributed by atoms with Crippen LogP contribution in [0.5, 0.6) is 11.5 Å². The second-order valence-electron chi connectivity index (χ2n) is 6.30. The first-order valence-corrected chi connectivity index (χ1v) is 8.91. The number of amides is 1. The van der Waals surface area contributed by atoms with E-state index in [0.717, 1.165) is 16.7 Å². The molecular formula is C20H20ClNO5. The highest BCUT2D eigenvalue weighted by Crippen LogP contribution is 2.31. The van der Waals surface area contributed by atoms with Crippen molar-refractivity contribution in [2.75, 3.05) is 25.1 Å². The highest BCUT2D eigenvalue weighted by molar-refractivity contribution is 6.34. The van der Waals surface area contributed by atoms with Gasteiger partial charge in [-0.1, -0.05) is 23.7 Å². The molecule has 1 N–H and O–H groups in total. The second kappa shape index (κ2) is 8.31. The third-order valence-electron chi connectivity index (χ3n) is 4.02. The Kier molecular flexibility index (Phi) is 5.86. The van der Waals surface area contributed by atoms with Gasteiger partial charge in [-0.15, -0.1) is 0 Å². The van der Waals surface area contributed by atoms with Crippen molar-refractivity contribution in [3.63, 3.8) is 0 Å². The van der Waals surface area contributed by atoms with E-state index in [1.165, 1.54) is 0 Å². The number of halogens is 1. The molecule has 0 spiro atoms. The molecule has 7 heteroatoms. The van der Waals surface area contributed by atoms with Crippen molar-refractivity contribution in [3.8, 4) is 11.5 Å². The van der Waals surface area contributed by atoms with Crippen molar-refractivity contribution in [1.29, 1.82) is 0 Å². The number of rotatable bonds is 5. The van der Waals surface area contributed by atoms with Gasteiger partial charge in [-0.3, -0.25) is 9.59 Å². The SMILES string of the molecule is Cc1cc(C)c(NC(=O)COC(=O)Cc2ccc3c(c2)OCCO3)c(Cl)c1. The number of hydrogen-bond donors (Lipinski definition) is 1. The standard InChI is InChI=1S/C20H20ClNO5/c1-12-7-13(2)20(15(21)8-12)22-18(23)11-27-19(24)10-14-3-4-16-17(9-14)26-6-5-25-16/h3-4,7-9H,5-6,10-11H2,1-2H3,(H,22,23). The van der Waals surface area contributed by atoms with Crippen molar-refractivity contribution < 1.29 is 23.8 Å². The minimum absolute atomic E-state index is 0.0359. The molecule has 0 unspecified atom stereocenters. The minimum atomic E-state index is -0.506. The van der Waals surface area contributed by atoms with E-state index in [4.69, 9.17) is 25.8 Å². The van der Waals surface area contributed by atoms with Crippen molar-refractivity contribution in [2.24, 2.45) is 0 Å². The molecule has 0 bridgehead atoms. The summed E-state index contributed by atoms with van der Waals surface area (Å²) >= 11 is 6.16. The Morgan fingerprint density at radius 1 is 1.11 bits per heavy atom. The van der Waals surface area contributed by atoms with Crippen LogP contribution in [0.4, 0.5) is 5.69 Å². The first-order chi connectivity index (χ1) is 12.9. The third kappa shape index (κ3) is 4.92. The fourth-order valence-electron chi connectivity index (χ4n) is 2.81. The molecule has 0 saturated heterocycles. The van der Waals surface area contributed by atoms with Crippen LogP contribution in [0.25, 0.3) is 0 Å². The van der Waals surface area contributed by atoms with E-state index in [9.17, 15) is 9.59 Å². The molecule has 1 aliphatic rings. The summed E-state index contributed by atoms with van der Waals surface area (Å²) in [4.78, 5) is 24.1.